The molecule has 0 atom stereocenters. The molecule has 0 bridgehead atoms. The van der Waals surface area contributed by atoms with E-state index in [9.17, 15) is 4.39 Å². The second-order valence-corrected chi connectivity index (χ2v) is 5.00. The topological polar surface area (TPSA) is 23.5 Å². The molecule has 2 nitrogen and oxygen atoms in total. The van der Waals surface area contributed by atoms with Crippen molar-refractivity contribution < 1.29 is 9.50 Å². The van der Waals surface area contributed by atoms with Gasteiger partial charge in [0.05, 0.1) is 6.61 Å². The Balaban J connectivity index is 2.64. The normalized spacial score (nSPS) is 11.1. The van der Waals surface area contributed by atoms with E-state index in [-0.39, 0.29) is 12.4 Å². The van der Waals surface area contributed by atoms with Crippen LogP contribution in [0.4, 0.5) is 4.39 Å². The van der Waals surface area contributed by atoms with Crippen molar-refractivity contribution in [3.8, 4) is 0 Å². The van der Waals surface area contributed by atoms with Crippen molar-refractivity contribution in [2.75, 3.05) is 19.7 Å². The van der Waals surface area contributed by atoms with Gasteiger partial charge in [-0.2, -0.15) is 0 Å². The molecular formula is C13H19BrFNO. The van der Waals surface area contributed by atoms with Crippen molar-refractivity contribution in [1.82, 2.24) is 4.90 Å². The van der Waals surface area contributed by atoms with Crippen molar-refractivity contribution in [3.63, 3.8) is 0 Å². The zero-order valence-electron chi connectivity index (χ0n) is 10.1. The summed E-state index contributed by atoms with van der Waals surface area (Å²) in [5.74, 6) is -0.196. The number of hydrogen-bond acceptors (Lipinski definition) is 2. The first kappa shape index (κ1) is 14.6. The molecule has 0 saturated heterocycles. The maximum Gasteiger partial charge on any atom is 0.128 e. The van der Waals surface area contributed by atoms with E-state index in [0.717, 1.165) is 23.9 Å². The van der Waals surface area contributed by atoms with E-state index in [1.165, 1.54) is 6.07 Å². The number of aliphatic hydroxyl groups excluding tert-OH is 1. The molecule has 0 saturated carbocycles. The highest BCUT2D eigenvalue weighted by Gasteiger charge is 2.09. The Morgan fingerprint density at radius 1 is 1.35 bits per heavy atom. The predicted octanol–water partition coefficient (Wildman–Crippen LogP) is 3.18. The highest BCUT2D eigenvalue weighted by atomic mass is 79.9. The molecule has 0 spiro atoms. The minimum Gasteiger partial charge on any atom is -0.395 e. The summed E-state index contributed by atoms with van der Waals surface area (Å²) in [6.07, 6.45) is 2.17. The number of halogens is 2. The summed E-state index contributed by atoms with van der Waals surface area (Å²) in [6, 6.07) is 5.11. The molecule has 17 heavy (non-hydrogen) atoms. The number of benzene rings is 1. The average molecular weight is 304 g/mol. The van der Waals surface area contributed by atoms with Crippen LogP contribution in [0.5, 0.6) is 0 Å². The van der Waals surface area contributed by atoms with Crippen molar-refractivity contribution in [1.29, 1.82) is 0 Å². The van der Waals surface area contributed by atoms with Crippen LogP contribution in [-0.4, -0.2) is 29.7 Å². The molecule has 1 aromatic rings. The molecule has 96 valence electrons. The first-order valence-corrected chi connectivity index (χ1v) is 6.73. The molecule has 0 aliphatic rings. The van der Waals surface area contributed by atoms with Crippen LogP contribution in [-0.2, 0) is 6.54 Å². The number of rotatable bonds is 7. The molecule has 0 aromatic heterocycles. The van der Waals surface area contributed by atoms with E-state index < -0.39 is 0 Å². The van der Waals surface area contributed by atoms with Crippen LogP contribution in [0.1, 0.15) is 25.3 Å². The third-order valence-electron chi connectivity index (χ3n) is 2.65. The monoisotopic (exact) mass is 303 g/mol. The Bertz CT molecular complexity index is 346. The van der Waals surface area contributed by atoms with E-state index in [1.807, 2.05) is 6.07 Å². The number of hydrogen-bond donors (Lipinski definition) is 1. The Kier molecular flexibility index (Phi) is 6.70. The molecule has 0 heterocycles. The molecular weight excluding hydrogens is 285 g/mol. The van der Waals surface area contributed by atoms with Crippen LogP contribution in [0.2, 0.25) is 0 Å². The van der Waals surface area contributed by atoms with E-state index in [4.69, 9.17) is 5.11 Å². The van der Waals surface area contributed by atoms with Crippen LogP contribution in [0.3, 0.4) is 0 Å². The molecule has 0 fully saturated rings. The SMILES string of the molecule is CCCCN(CCO)Cc1ccc(Br)cc1F. The minimum absolute atomic E-state index is 0.113. The van der Waals surface area contributed by atoms with Crippen LogP contribution >= 0.6 is 15.9 Å². The zero-order valence-corrected chi connectivity index (χ0v) is 11.7. The second-order valence-electron chi connectivity index (χ2n) is 4.09. The lowest BCUT2D eigenvalue weighted by Crippen LogP contribution is -2.28. The summed E-state index contributed by atoms with van der Waals surface area (Å²) < 4.78 is 14.4. The first-order valence-electron chi connectivity index (χ1n) is 5.94. The van der Waals surface area contributed by atoms with Gasteiger partial charge in [0.15, 0.2) is 0 Å². The molecule has 0 amide bonds. The Morgan fingerprint density at radius 2 is 2.12 bits per heavy atom. The largest absolute Gasteiger partial charge is 0.395 e. The Morgan fingerprint density at radius 3 is 2.71 bits per heavy atom. The van der Waals surface area contributed by atoms with Crippen molar-refractivity contribution in [2.24, 2.45) is 0 Å². The Labute approximate surface area is 111 Å². The molecule has 0 radical (unpaired) electrons. The number of unbranched alkanes of at least 4 members (excludes halogenated alkanes) is 1. The zero-order chi connectivity index (χ0) is 12.7. The average Bonchev–Trinajstić information content (AvgIpc) is 2.29. The van der Waals surface area contributed by atoms with E-state index in [2.05, 4.69) is 27.8 Å². The van der Waals surface area contributed by atoms with Crippen LogP contribution in [0, 0.1) is 5.82 Å². The van der Waals surface area contributed by atoms with Gasteiger partial charge >= 0.3 is 0 Å². The maximum atomic E-state index is 13.7. The number of aliphatic hydroxyl groups is 1. The summed E-state index contributed by atoms with van der Waals surface area (Å²) in [5, 5.41) is 8.98. The lowest BCUT2D eigenvalue weighted by Gasteiger charge is -2.21. The van der Waals surface area contributed by atoms with Gasteiger partial charge < -0.3 is 5.11 Å². The number of nitrogens with zero attached hydrogens (tertiary/aromatic N) is 1. The summed E-state index contributed by atoms with van der Waals surface area (Å²) in [7, 11) is 0. The second kappa shape index (κ2) is 7.80. The highest BCUT2D eigenvalue weighted by molar-refractivity contribution is 9.10. The van der Waals surface area contributed by atoms with E-state index >= 15 is 0 Å². The molecule has 0 unspecified atom stereocenters. The molecule has 4 heteroatoms. The summed E-state index contributed by atoms with van der Waals surface area (Å²) in [6.45, 7) is 4.28. The lowest BCUT2D eigenvalue weighted by atomic mass is 10.2. The van der Waals surface area contributed by atoms with Crippen molar-refractivity contribution in [2.45, 2.75) is 26.3 Å². The molecule has 0 aliphatic carbocycles. The highest BCUT2D eigenvalue weighted by Crippen LogP contribution is 2.17. The third kappa shape index (κ3) is 5.15. The van der Waals surface area contributed by atoms with Gasteiger partial charge in [0.25, 0.3) is 0 Å². The molecule has 1 rings (SSSR count). The fourth-order valence-corrected chi connectivity index (χ4v) is 2.02. The van der Waals surface area contributed by atoms with Crippen LogP contribution in [0.25, 0.3) is 0 Å². The fourth-order valence-electron chi connectivity index (χ4n) is 1.68. The standard InChI is InChI=1S/C13H19BrFNO/c1-2-3-6-16(7-8-17)10-11-4-5-12(14)9-13(11)15/h4-5,9,17H,2-3,6-8,10H2,1H3. The van der Waals surface area contributed by atoms with Gasteiger partial charge in [0, 0.05) is 23.1 Å². The molecule has 1 N–H and O–H groups in total. The summed E-state index contributed by atoms with van der Waals surface area (Å²) in [5.41, 5.74) is 0.678. The van der Waals surface area contributed by atoms with Gasteiger partial charge in [-0.05, 0) is 25.1 Å². The van der Waals surface area contributed by atoms with Crippen molar-refractivity contribution >= 4 is 15.9 Å². The first-order chi connectivity index (χ1) is 8.17. The van der Waals surface area contributed by atoms with Gasteiger partial charge in [-0.3, -0.25) is 4.90 Å². The Hall–Kier alpha value is -0.450. The summed E-state index contributed by atoms with van der Waals surface area (Å²) >= 11 is 3.24. The fraction of sp³-hybridized carbons (Fsp3) is 0.538. The smallest absolute Gasteiger partial charge is 0.128 e. The van der Waals surface area contributed by atoms with E-state index in [0.29, 0.717) is 18.7 Å². The van der Waals surface area contributed by atoms with Crippen LogP contribution in [0.15, 0.2) is 22.7 Å². The minimum atomic E-state index is -0.196. The summed E-state index contributed by atoms with van der Waals surface area (Å²) in [4.78, 5) is 2.08. The third-order valence-corrected chi connectivity index (χ3v) is 3.15. The van der Waals surface area contributed by atoms with Gasteiger partial charge in [0.2, 0.25) is 0 Å². The van der Waals surface area contributed by atoms with E-state index in [1.54, 1.807) is 6.07 Å². The van der Waals surface area contributed by atoms with Gasteiger partial charge in [0.1, 0.15) is 5.82 Å². The molecule has 1 aromatic carbocycles. The van der Waals surface area contributed by atoms with Crippen molar-refractivity contribution in [3.05, 3.63) is 34.1 Å². The quantitative estimate of drug-likeness (QED) is 0.836. The van der Waals surface area contributed by atoms with Gasteiger partial charge in [-0.15, -0.1) is 0 Å². The van der Waals surface area contributed by atoms with Gasteiger partial charge in [-0.25, -0.2) is 4.39 Å². The predicted molar refractivity (Wildman–Crippen MR) is 71.4 cm³/mol. The van der Waals surface area contributed by atoms with Crippen LogP contribution < -0.4 is 0 Å². The molecule has 0 aliphatic heterocycles. The lowest BCUT2D eigenvalue weighted by molar-refractivity contribution is 0.187. The van der Waals surface area contributed by atoms with Gasteiger partial charge in [-0.1, -0.05) is 35.3 Å². The maximum absolute atomic E-state index is 13.7.